The van der Waals surface area contributed by atoms with Crippen LogP contribution in [0, 0.1) is 5.82 Å². The van der Waals surface area contributed by atoms with Crippen molar-refractivity contribution in [1.82, 2.24) is 4.72 Å². The minimum Gasteiger partial charge on any atom is -0.396 e. The first-order chi connectivity index (χ1) is 8.68. The van der Waals surface area contributed by atoms with Crippen molar-refractivity contribution < 1.29 is 17.9 Å². The standard InChI is InChI=1S/C11H17FN2O3S2/c1-11(15,7-18-2)6-14-19(16,17)8-3-4-10(13)9(12)5-8/h3-5,14-15H,6-7,13H2,1-2H3. The first-order valence-electron chi connectivity index (χ1n) is 5.44. The Hall–Kier alpha value is -0.830. The summed E-state index contributed by atoms with van der Waals surface area (Å²) in [6.45, 7) is 1.37. The van der Waals surface area contributed by atoms with Gasteiger partial charge in [0.25, 0.3) is 0 Å². The molecule has 1 rings (SSSR count). The molecule has 0 spiro atoms. The van der Waals surface area contributed by atoms with Crippen molar-refractivity contribution in [3.8, 4) is 0 Å². The number of nitrogens with one attached hydrogen (secondary N) is 1. The molecule has 0 aromatic heterocycles. The van der Waals surface area contributed by atoms with Gasteiger partial charge in [0.15, 0.2) is 0 Å². The van der Waals surface area contributed by atoms with E-state index < -0.39 is 21.4 Å². The molecule has 19 heavy (non-hydrogen) atoms. The number of hydrogen-bond donors (Lipinski definition) is 3. The van der Waals surface area contributed by atoms with Crippen LogP contribution in [0.5, 0.6) is 0 Å². The van der Waals surface area contributed by atoms with Crippen LogP contribution >= 0.6 is 11.8 Å². The zero-order valence-corrected chi connectivity index (χ0v) is 12.3. The van der Waals surface area contributed by atoms with Gasteiger partial charge in [0.05, 0.1) is 16.2 Å². The van der Waals surface area contributed by atoms with Gasteiger partial charge in [-0.05, 0) is 31.4 Å². The Morgan fingerprint density at radius 2 is 2.16 bits per heavy atom. The molecule has 0 heterocycles. The Labute approximate surface area is 116 Å². The highest BCUT2D eigenvalue weighted by Gasteiger charge is 2.24. The Kier molecular flexibility index (Phi) is 5.19. The maximum atomic E-state index is 13.2. The van der Waals surface area contributed by atoms with Crippen molar-refractivity contribution in [3.05, 3.63) is 24.0 Å². The predicted molar refractivity (Wildman–Crippen MR) is 75.0 cm³/mol. The smallest absolute Gasteiger partial charge is 0.240 e. The Morgan fingerprint density at radius 1 is 1.53 bits per heavy atom. The van der Waals surface area contributed by atoms with Crippen LogP contribution in [0.15, 0.2) is 23.1 Å². The highest BCUT2D eigenvalue weighted by Crippen LogP contribution is 2.17. The third-order valence-electron chi connectivity index (χ3n) is 2.38. The second kappa shape index (κ2) is 6.08. The summed E-state index contributed by atoms with van der Waals surface area (Å²) in [5.41, 5.74) is 4.00. The number of nitrogens with two attached hydrogens (primary N) is 1. The number of aliphatic hydroxyl groups is 1. The molecular weight excluding hydrogens is 291 g/mol. The highest BCUT2D eigenvalue weighted by molar-refractivity contribution is 7.98. The van der Waals surface area contributed by atoms with Gasteiger partial charge in [-0.3, -0.25) is 0 Å². The molecule has 1 unspecified atom stereocenters. The summed E-state index contributed by atoms with van der Waals surface area (Å²) < 4.78 is 39.3. The van der Waals surface area contributed by atoms with Gasteiger partial charge < -0.3 is 10.8 Å². The zero-order chi connectivity index (χ0) is 14.7. The van der Waals surface area contributed by atoms with E-state index in [-0.39, 0.29) is 17.1 Å². The molecule has 0 bridgehead atoms. The van der Waals surface area contributed by atoms with Crippen molar-refractivity contribution >= 4 is 27.5 Å². The van der Waals surface area contributed by atoms with E-state index >= 15 is 0 Å². The maximum Gasteiger partial charge on any atom is 0.240 e. The number of hydrogen-bond acceptors (Lipinski definition) is 5. The average Bonchev–Trinajstić information content (AvgIpc) is 2.30. The Balaban J connectivity index is 2.84. The van der Waals surface area contributed by atoms with Gasteiger partial charge in [0, 0.05) is 12.3 Å². The summed E-state index contributed by atoms with van der Waals surface area (Å²) in [7, 11) is -3.87. The van der Waals surface area contributed by atoms with Crippen LogP contribution in [0.2, 0.25) is 0 Å². The highest BCUT2D eigenvalue weighted by atomic mass is 32.2. The van der Waals surface area contributed by atoms with Crippen LogP contribution in [0.4, 0.5) is 10.1 Å². The lowest BCUT2D eigenvalue weighted by molar-refractivity contribution is 0.0908. The second-order valence-electron chi connectivity index (χ2n) is 4.44. The summed E-state index contributed by atoms with van der Waals surface area (Å²) >= 11 is 1.40. The number of benzene rings is 1. The fourth-order valence-corrected chi connectivity index (χ4v) is 3.27. The summed E-state index contributed by atoms with van der Waals surface area (Å²) in [4.78, 5) is -0.223. The number of anilines is 1. The van der Waals surface area contributed by atoms with Crippen LogP contribution in [0.3, 0.4) is 0 Å². The molecule has 4 N–H and O–H groups in total. The fraction of sp³-hybridized carbons (Fsp3) is 0.455. The van der Waals surface area contributed by atoms with Crippen LogP contribution in [-0.4, -0.2) is 37.7 Å². The number of sulfonamides is 1. The monoisotopic (exact) mass is 308 g/mol. The molecule has 0 amide bonds. The van der Waals surface area contributed by atoms with Crippen LogP contribution in [0.1, 0.15) is 6.92 Å². The van der Waals surface area contributed by atoms with Crippen LogP contribution in [-0.2, 0) is 10.0 Å². The van der Waals surface area contributed by atoms with Crippen LogP contribution < -0.4 is 10.5 Å². The van der Waals surface area contributed by atoms with Gasteiger partial charge in [-0.2, -0.15) is 11.8 Å². The quantitative estimate of drug-likeness (QED) is 0.676. The van der Waals surface area contributed by atoms with E-state index in [9.17, 15) is 17.9 Å². The summed E-state index contributed by atoms with van der Waals surface area (Å²) in [6, 6.07) is 3.24. The molecule has 0 saturated heterocycles. The number of halogens is 1. The largest absolute Gasteiger partial charge is 0.396 e. The maximum absolute atomic E-state index is 13.2. The minimum absolute atomic E-state index is 0.117. The minimum atomic E-state index is -3.87. The van der Waals surface area contributed by atoms with E-state index in [4.69, 9.17) is 5.73 Å². The molecule has 8 heteroatoms. The summed E-state index contributed by atoms with van der Waals surface area (Å²) in [5, 5.41) is 9.88. The van der Waals surface area contributed by atoms with Gasteiger partial charge in [-0.1, -0.05) is 0 Å². The molecule has 0 aliphatic carbocycles. The second-order valence-corrected chi connectivity index (χ2v) is 7.07. The normalized spacial score (nSPS) is 15.2. The van der Waals surface area contributed by atoms with E-state index in [1.807, 2.05) is 0 Å². The van der Waals surface area contributed by atoms with E-state index in [1.54, 1.807) is 6.26 Å². The first kappa shape index (κ1) is 16.2. The van der Waals surface area contributed by atoms with E-state index in [0.717, 1.165) is 6.07 Å². The van der Waals surface area contributed by atoms with Crippen molar-refractivity contribution in [2.24, 2.45) is 0 Å². The van der Waals surface area contributed by atoms with Crippen molar-refractivity contribution in [2.75, 3.05) is 24.3 Å². The molecule has 0 saturated carbocycles. The lowest BCUT2D eigenvalue weighted by atomic mass is 10.1. The lowest BCUT2D eigenvalue weighted by Crippen LogP contribution is -2.42. The fourth-order valence-electron chi connectivity index (χ4n) is 1.37. The van der Waals surface area contributed by atoms with Gasteiger partial charge in [-0.15, -0.1) is 0 Å². The third kappa shape index (κ3) is 4.64. The predicted octanol–water partition coefficient (Wildman–Crippen LogP) is 0.800. The summed E-state index contributed by atoms with van der Waals surface area (Å²) in [5.74, 6) is -0.412. The van der Waals surface area contributed by atoms with Gasteiger partial charge in [0.2, 0.25) is 10.0 Å². The molecule has 1 aromatic rings. The Morgan fingerprint density at radius 3 is 2.68 bits per heavy atom. The Bertz CT molecular complexity index is 547. The van der Waals surface area contributed by atoms with E-state index in [2.05, 4.69) is 4.72 Å². The molecule has 0 aliphatic heterocycles. The van der Waals surface area contributed by atoms with Crippen molar-refractivity contribution in [3.63, 3.8) is 0 Å². The number of thioether (sulfide) groups is 1. The van der Waals surface area contributed by atoms with Gasteiger partial charge >= 0.3 is 0 Å². The molecule has 1 aromatic carbocycles. The molecule has 108 valence electrons. The molecule has 0 radical (unpaired) electrons. The lowest BCUT2D eigenvalue weighted by Gasteiger charge is -2.22. The summed E-state index contributed by atoms with van der Waals surface area (Å²) in [6.07, 6.45) is 1.80. The number of nitrogen functional groups attached to an aromatic ring is 1. The van der Waals surface area contributed by atoms with E-state index in [0.29, 0.717) is 5.75 Å². The van der Waals surface area contributed by atoms with Gasteiger partial charge in [0.1, 0.15) is 5.82 Å². The molecule has 0 fully saturated rings. The van der Waals surface area contributed by atoms with Crippen LogP contribution in [0.25, 0.3) is 0 Å². The van der Waals surface area contributed by atoms with E-state index in [1.165, 1.54) is 30.8 Å². The van der Waals surface area contributed by atoms with Gasteiger partial charge in [-0.25, -0.2) is 17.5 Å². The van der Waals surface area contributed by atoms with Crippen molar-refractivity contribution in [1.29, 1.82) is 0 Å². The molecular formula is C11H17FN2O3S2. The SMILES string of the molecule is CSCC(C)(O)CNS(=O)(=O)c1ccc(N)c(F)c1. The molecule has 5 nitrogen and oxygen atoms in total. The topological polar surface area (TPSA) is 92.4 Å². The zero-order valence-electron chi connectivity index (χ0n) is 10.7. The molecule has 0 aliphatic rings. The third-order valence-corrected chi connectivity index (χ3v) is 4.69. The van der Waals surface area contributed by atoms with Crippen molar-refractivity contribution in [2.45, 2.75) is 17.4 Å². The first-order valence-corrected chi connectivity index (χ1v) is 8.32. The molecule has 1 atom stereocenters. The average molecular weight is 308 g/mol. The number of rotatable bonds is 6.